The predicted molar refractivity (Wildman–Crippen MR) is 150 cm³/mol. The molecular formula is C28H41N3O6S. The molecule has 0 saturated carbocycles. The third-order valence-corrected chi connectivity index (χ3v) is 5.73. The van der Waals surface area contributed by atoms with Crippen LogP contribution in [0, 0.1) is 12.3 Å². The van der Waals surface area contributed by atoms with Crippen LogP contribution in [0.5, 0.6) is 0 Å². The molecule has 0 bridgehead atoms. The van der Waals surface area contributed by atoms with Gasteiger partial charge in [-0.2, -0.15) is 12.6 Å². The summed E-state index contributed by atoms with van der Waals surface area (Å²) in [5.41, 5.74) is 0.153. The number of nitrogens with zero attached hydrogens (tertiary/aromatic N) is 1. The van der Waals surface area contributed by atoms with Crippen molar-refractivity contribution in [2.24, 2.45) is 0 Å². The Hall–Kier alpha value is -3.19. The van der Waals surface area contributed by atoms with Gasteiger partial charge in [0.15, 0.2) is 0 Å². The van der Waals surface area contributed by atoms with Crippen molar-refractivity contribution in [1.29, 1.82) is 0 Å². The minimum absolute atomic E-state index is 0.0175. The monoisotopic (exact) mass is 547 g/mol. The number of rotatable bonds is 14. The van der Waals surface area contributed by atoms with Gasteiger partial charge in [-0.1, -0.05) is 43.9 Å². The van der Waals surface area contributed by atoms with E-state index in [1.165, 1.54) is 4.90 Å². The van der Waals surface area contributed by atoms with Gasteiger partial charge < -0.3 is 25.0 Å². The number of unbranched alkanes of at least 4 members (excludes halogenated alkanes) is 2. The molecule has 2 N–H and O–H groups in total. The minimum atomic E-state index is -1.10. The SMILES string of the molecule is C#Cc1ccccc1C(C(=O)NCCC(=O)OCC)N(CCCCC)C(=O)C(CS)NC(=O)OC(C)(C)C. The second kappa shape index (κ2) is 16.6. The summed E-state index contributed by atoms with van der Waals surface area (Å²) in [6.45, 7) is 9.38. The van der Waals surface area contributed by atoms with E-state index in [0.717, 1.165) is 12.8 Å². The average molecular weight is 548 g/mol. The number of esters is 1. The van der Waals surface area contributed by atoms with Gasteiger partial charge in [-0.3, -0.25) is 14.4 Å². The molecule has 2 unspecified atom stereocenters. The Morgan fingerprint density at radius 3 is 2.39 bits per heavy atom. The molecule has 1 rings (SSSR count). The first-order chi connectivity index (χ1) is 18.0. The maximum Gasteiger partial charge on any atom is 0.408 e. The first-order valence-electron chi connectivity index (χ1n) is 12.9. The van der Waals surface area contributed by atoms with Crippen molar-refractivity contribution in [2.45, 2.75) is 78.0 Å². The summed E-state index contributed by atoms with van der Waals surface area (Å²) in [6.07, 6.45) is 7.29. The van der Waals surface area contributed by atoms with E-state index >= 15 is 0 Å². The molecule has 0 saturated heterocycles. The Labute approximate surface area is 231 Å². The predicted octanol–water partition coefficient (Wildman–Crippen LogP) is 3.62. The summed E-state index contributed by atoms with van der Waals surface area (Å²) in [4.78, 5) is 53.1. The molecule has 210 valence electrons. The van der Waals surface area contributed by atoms with Gasteiger partial charge in [-0.05, 0) is 45.7 Å². The molecule has 0 aromatic heterocycles. The van der Waals surface area contributed by atoms with Gasteiger partial charge in [-0.15, -0.1) is 6.42 Å². The van der Waals surface area contributed by atoms with E-state index in [4.69, 9.17) is 15.9 Å². The Bertz CT molecular complexity index is 986. The number of carbonyl (C=O) groups is 4. The lowest BCUT2D eigenvalue weighted by Crippen LogP contribution is -2.54. The average Bonchev–Trinajstić information content (AvgIpc) is 2.85. The molecule has 0 radical (unpaired) electrons. The molecule has 2 atom stereocenters. The summed E-state index contributed by atoms with van der Waals surface area (Å²) in [5.74, 6) is 1.12. The van der Waals surface area contributed by atoms with Gasteiger partial charge >= 0.3 is 12.1 Å². The van der Waals surface area contributed by atoms with E-state index in [0.29, 0.717) is 17.5 Å². The third kappa shape index (κ3) is 11.1. The summed E-state index contributed by atoms with van der Waals surface area (Å²) >= 11 is 4.29. The molecule has 0 aliphatic carbocycles. The molecule has 1 aromatic carbocycles. The van der Waals surface area contributed by atoms with Crippen molar-refractivity contribution < 1.29 is 28.7 Å². The van der Waals surface area contributed by atoms with Crippen molar-refractivity contribution in [3.05, 3.63) is 35.4 Å². The molecule has 0 heterocycles. The number of terminal acetylenes is 1. The number of ether oxygens (including phenoxy) is 2. The Morgan fingerprint density at radius 2 is 1.82 bits per heavy atom. The van der Waals surface area contributed by atoms with Crippen LogP contribution in [0.3, 0.4) is 0 Å². The molecule has 3 amide bonds. The highest BCUT2D eigenvalue weighted by Crippen LogP contribution is 2.26. The normalized spacial score (nSPS) is 12.4. The maximum atomic E-state index is 13.9. The molecule has 0 aliphatic rings. The first-order valence-corrected chi connectivity index (χ1v) is 13.5. The zero-order valence-corrected chi connectivity index (χ0v) is 23.9. The zero-order valence-electron chi connectivity index (χ0n) is 23.0. The molecule has 0 fully saturated rings. The number of hydrogen-bond donors (Lipinski definition) is 3. The zero-order chi connectivity index (χ0) is 28.7. The topological polar surface area (TPSA) is 114 Å². The van der Waals surface area contributed by atoms with Crippen LogP contribution in [0.1, 0.15) is 77.5 Å². The van der Waals surface area contributed by atoms with Crippen LogP contribution in [-0.2, 0) is 23.9 Å². The fourth-order valence-corrected chi connectivity index (χ4v) is 3.92. The quantitative estimate of drug-likeness (QED) is 0.142. The number of alkyl carbamates (subject to hydrolysis) is 1. The fraction of sp³-hybridized carbons (Fsp3) is 0.571. The lowest BCUT2D eigenvalue weighted by Gasteiger charge is -2.34. The second-order valence-corrected chi connectivity index (χ2v) is 9.97. The van der Waals surface area contributed by atoms with Gasteiger partial charge in [0, 0.05) is 24.4 Å². The summed E-state index contributed by atoms with van der Waals surface area (Å²) in [6, 6.07) is 4.72. The smallest absolute Gasteiger partial charge is 0.408 e. The molecule has 0 spiro atoms. The van der Waals surface area contributed by atoms with Gasteiger partial charge in [-0.25, -0.2) is 4.79 Å². The van der Waals surface area contributed by atoms with E-state index in [-0.39, 0.29) is 31.9 Å². The van der Waals surface area contributed by atoms with Gasteiger partial charge in [0.1, 0.15) is 17.7 Å². The molecule has 38 heavy (non-hydrogen) atoms. The van der Waals surface area contributed by atoms with Crippen LogP contribution in [0.4, 0.5) is 4.79 Å². The van der Waals surface area contributed by atoms with E-state index in [1.807, 2.05) is 6.92 Å². The fourth-order valence-electron chi connectivity index (χ4n) is 3.67. The molecule has 0 aliphatic heterocycles. The standard InChI is InChI=1S/C28H41N3O6S/c1-7-10-13-18-31(26(34)22(19-38)30-27(35)37-28(4,5)6)24(21-15-12-11-14-20(21)8-2)25(33)29-17-16-23(32)36-9-3/h2,11-12,14-15,22,24,38H,7,9-10,13,16-19H2,1,3-6H3,(H,29,33)(H,30,35). The first kappa shape index (κ1) is 32.8. The number of hydrogen-bond acceptors (Lipinski definition) is 7. The lowest BCUT2D eigenvalue weighted by atomic mass is 9.97. The highest BCUT2D eigenvalue weighted by molar-refractivity contribution is 7.80. The van der Waals surface area contributed by atoms with Crippen LogP contribution >= 0.6 is 12.6 Å². The number of carbonyl (C=O) groups excluding carboxylic acids is 4. The molecule has 9 nitrogen and oxygen atoms in total. The van der Waals surface area contributed by atoms with Crippen molar-refractivity contribution in [2.75, 3.05) is 25.4 Å². The van der Waals surface area contributed by atoms with Crippen LogP contribution in [0.2, 0.25) is 0 Å². The number of amides is 3. The van der Waals surface area contributed by atoms with E-state index in [2.05, 4.69) is 29.2 Å². The van der Waals surface area contributed by atoms with Crippen molar-refractivity contribution in [3.8, 4) is 12.3 Å². The van der Waals surface area contributed by atoms with E-state index in [1.54, 1.807) is 52.0 Å². The van der Waals surface area contributed by atoms with E-state index < -0.39 is 41.6 Å². The minimum Gasteiger partial charge on any atom is -0.466 e. The number of benzene rings is 1. The molecular weight excluding hydrogens is 506 g/mol. The maximum absolute atomic E-state index is 13.9. The Morgan fingerprint density at radius 1 is 1.13 bits per heavy atom. The molecule has 10 heteroatoms. The van der Waals surface area contributed by atoms with Crippen LogP contribution in [0.15, 0.2) is 24.3 Å². The van der Waals surface area contributed by atoms with E-state index in [9.17, 15) is 19.2 Å². The van der Waals surface area contributed by atoms with Crippen LogP contribution in [-0.4, -0.2) is 65.9 Å². The van der Waals surface area contributed by atoms with Crippen LogP contribution < -0.4 is 10.6 Å². The second-order valence-electron chi connectivity index (χ2n) is 9.60. The summed E-state index contributed by atoms with van der Waals surface area (Å²) in [5, 5.41) is 5.32. The Balaban J connectivity index is 3.41. The van der Waals surface area contributed by atoms with Gasteiger partial charge in [0.2, 0.25) is 11.8 Å². The molecule has 1 aromatic rings. The number of nitrogens with one attached hydrogen (secondary N) is 2. The third-order valence-electron chi connectivity index (χ3n) is 5.36. The van der Waals surface area contributed by atoms with Gasteiger partial charge in [0.05, 0.1) is 13.0 Å². The number of thiol groups is 1. The van der Waals surface area contributed by atoms with Crippen molar-refractivity contribution in [1.82, 2.24) is 15.5 Å². The van der Waals surface area contributed by atoms with Crippen LogP contribution in [0.25, 0.3) is 0 Å². The van der Waals surface area contributed by atoms with Crippen molar-refractivity contribution >= 4 is 36.5 Å². The highest BCUT2D eigenvalue weighted by Gasteiger charge is 2.36. The van der Waals surface area contributed by atoms with Crippen molar-refractivity contribution in [3.63, 3.8) is 0 Å². The Kier molecular flexibility index (Phi) is 14.4. The van der Waals surface area contributed by atoms with Gasteiger partial charge in [0.25, 0.3) is 0 Å². The lowest BCUT2D eigenvalue weighted by molar-refractivity contribution is -0.144. The largest absolute Gasteiger partial charge is 0.466 e. The summed E-state index contributed by atoms with van der Waals surface area (Å²) in [7, 11) is 0. The summed E-state index contributed by atoms with van der Waals surface area (Å²) < 4.78 is 10.3. The highest BCUT2D eigenvalue weighted by atomic mass is 32.1.